The minimum Gasteiger partial charge on any atom is -0.382 e. The zero-order chi connectivity index (χ0) is 29.0. The molecule has 0 aliphatic heterocycles. The summed E-state index contributed by atoms with van der Waals surface area (Å²) < 4.78 is 64.7. The molecule has 0 aliphatic rings. The Labute approximate surface area is 242 Å². The van der Waals surface area contributed by atoms with E-state index in [1.165, 1.54) is 0 Å². The monoisotopic (exact) mass is 586 g/mol. The first-order valence-corrected chi connectivity index (χ1v) is 14.6. The van der Waals surface area contributed by atoms with Gasteiger partial charge in [0.2, 0.25) is 0 Å². The number of ether oxygens (including phenoxy) is 12. The van der Waals surface area contributed by atoms with Crippen LogP contribution in [-0.2, 0) is 56.8 Å². The molecule has 0 radical (unpaired) electrons. The summed E-state index contributed by atoms with van der Waals surface area (Å²) in [6.45, 7) is 17.2. The zero-order valence-electron chi connectivity index (χ0n) is 25.4. The van der Waals surface area contributed by atoms with Gasteiger partial charge >= 0.3 is 0 Å². The smallest absolute Gasteiger partial charge is 0.0701 e. The quantitative estimate of drug-likeness (QED) is 0.1000. The normalized spacial score (nSPS) is 11.7. The Hall–Kier alpha value is -0.480. The highest BCUT2D eigenvalue weighted by Crippen LogP contribution is 1.98. The van der Waals surface area contributed by atoms with E-state index in [1.54, 1.807) is 7.11 Å². The molecule has 0 spiro atoms. The maximum atomic E-state index is 5.49. The van der Waals surface area contributed by atoms with Crippen LogP contribution >= 0.6 is 0 Å². The van der Waals surface area contributed by atoms with E-state index in [2.05, 4.69) is 13.8 Å². The summed E-state index contributed by atoms with van der Waals surface area (Å²) in [7, 11) is 1.65. The molecule has 0 saturated heterocycles. The van der Waals surface area contributed by atoms with Gasteiger partial charge in [-0.05, 0) is 12.3 Å². The van der Waals surface area contributed by atoms with Crippen molar-refractivity contribution >= 4 is 0 Å². The molecule has 0 amide bonds. The Kier molecular flexibility index (Phi) is 36.1. The van der Waals surface area contributed by atoms with Gasteiger partial charge in [-0.1, -0.05) is 13.8 Å². The van der Waals surface area contributed by atoms with E-state index in [9.17, 15) is 0 Å². The van der Waals surface area contributed by atoms with Crippen molar-refractivity contribution in [1.29, 1.82) is 0 Å². The van der Waals surface area contributed by atoms with Crippen LogP contribution in [0.2, 0.25) is 0 Å². The molecule has 0 N–H and O–H groups in total. The number of rotatable bonds is 36. The SMILES string of the molecule is COCCOCCOCCOCCOCCOCCOCCOCCOCCOCCOCCOCCC(C)C. The van der Waals surface area contributed by atoms with Crippen molar-refractivity contribution in [3.63, 3.8) is 0 Å². The molecule has 0 saturated carbocycles. The van der Waals surface area contributed by atoms with Crippen molar-refractivity contribution in [3.05, 3.63) is 0 Å². The Morgan fingerprint density at radius 2 is 0.450 bits per heavy atom. The van der Waals surface area contributed by atoms with Gasteiger partial charge in [0.05, 0.1) is 145 Å². The molecule has 0 fully saturated rings. The van der Waals surface area contributed by atoms with E-state index < -0.39 is 0 Å². The molecule has 12 nitrogen and oxygen atoms in total. The van der Waals surface area contributed by atoms with Crippen LogP contribution in [0.15, 0.2) is 0 Å². The number of methoxy groups -OCH3 is 1. The van der Waals surface area contributed by atoms with Crippen LogP contribution in [0.3, 0.4) is 0 Å². The highest BCUT2D eigenvalue weighted by molar-refractivity contribution is 4.43. The Balaban J connectivity index is 3.02. The highest BCUT2D eigenvalue weighted by atomic mass is 16.6. The minimum absolute atomic E-state index is 0.520. The second-order valence-corrected chi connectivity index (χ2v) is 8.91. The van der Waals surface area contributed by atoms with Crippen LogP contribution in [0.5, 0.6) is 0 Å². The summed E-state index contributed by atoms with van der Waals surface area (Å²) in [5, 5.41) is 0. The molecule has 0 aromatic rings. The van der Waals surface area contributed by atoms with Gasteiger partial charge in [-0.25, -0.2) is 0 Å². The van der Waals surface area contributed by atoms with Gasteiger partial charge in [0.15, 0.2) is 0 Å². The maximum absolute atomic E-state index is 5.49. The maximum Gasteiger partial charge on any atom is 0.0701 e. The minimum atomic E-state index is 0.520. The second kappa shape index (κ2) is 36.5. The van der Waals surface area contributed by atoms with Gasteiger partial charge in [-0.3, -0.25) is 0 Å². The number of hydrogen-bond donors (Lipinski definition) is 0. The second-order valence-electron chi connectivity index (χ2n) is 8.91. The lowest BCUT2D eigenvalue weighted by atomic mass is 10.1. The molecule has 0 atom stereocenters. The lowest BCUT2D eigenvalue weighted by molar-refractivity contribution is -0.0280. The van der Waals surface area contributed by atoms with Crippen LogP contribution in [0.25, 0.3) is 0 Å². The molecule has 40 heavy (non-hydrogen) atoms. The highest BCUT2D eigenvalue weighted by Gasteiger charge is 1.97. The Morgan fingerprint density at radius 1 is 0.275 bits per heavy atom. The van der Waals surface area contributed by atoms with E-state index in [0.717, 1.165) is 13.0 Å². The Bertz CT molecular complexity index is 446. The van der Waals surface area contributed by atoms with E-state index >= 15 is 0 Å². The molecule has 0 unspecified atom stereocenters. The molecule has 242 valence electrons. The zero-order valence-corrected chi connectivity index (χ0v) is 25.4. The molecule has 12 heteroatoms. The summed E-state index contributed by atoms with van der Waals surface area (Å²) in [5.74, 6) is 0.670. The first kappa shape index (κ1) is 39.5. The third kappa shape index (κ3) is 37.5. The molecule has 0 aromatic carbocycles. The predicted octanol–water partition coefficient (Wildman–Crippen LogP) is 1.86. The van der Waals surface area contributed by atoms with Gasteiger partial charge in [0, 0.05) is 13.7 Å². The summed E-state index contributed by atoms with van der Waals surface area (Å²) in [4.78, 5) is 0. The van der Waals surface area contributed by atoms with Crippen molar-refractivity contribution in [2.75, 3.05) is 159 Å². The fourth-order valence-corrected chi connectivity index (χ4v) is 2.76. The first-order chi connectivity index (χ1) is 19.8. The standard InChI is InChI=1S/C28H58O12/c1-28(2)4-5-30-8-9-32-12-13-34-16-17-36-20-21-38-24-25-40-27-26-39-23-22-37-19-18-35-15-14-33-11-10-31-7-6-29-3/h28H,4-27H2,1-3H3. The lowest BCUT2D eigenvalue weighted by Gasteiger charge is -2.09. The van der Waals surface area contributed by atoms with E-state index in [-0.39, 0.29) is 0 Å². The van der Waals surface area contributed by atoms with Crippen LogP contribution in [-0.4, -0.2) is 159 Å². The molecule has 0 heterocycles. The van der Waals surface area contributed by atoms with Crippen molar-refractivity contribution in [1.82, 2.24) is 0 Å². The molecule has 0 aromatic heterocycles. The van der Waals surface area contributed by atoms with Crippen LogP contribution in [0, 0.1) is 5.92 Å². The average molecular weight is 587 g/mol. The summed E-state index contributed by atoms with van der Waals surface area (Å²) in [5.41, 5.74) is 0. The van der Waals surface area contributed by atoms with Crippen LogP contribution < -0.4 is 0 Å². The first-order valence-electron chi connectivity index (χ1n) is 14.6. The summed E-state index contributed by atoms with van der Waals surface area (Å²) >= 11 is 0. The van der Waals surface area contributed by atoms with Crippen molar-refractivity contribution < 1.29 is 56.8 Å². The lowest BCUT2D eigenvalue weighted by Crippen LogP contribution is -2.15. The van der Waals surface area contributed by atoms with Gasteiger partial charge in [0.1, 0.15) is 0 Å². The van der Waals surface area contributed by atoms with Gasteiger partial charge in [-0.2, -0.15) is 0 Å². The Morgan fingerprint density at radius 3 is 0.625 bits per heavy atom. The van der Waals surface area contributed by atoms with Gasteiger partial charge in [-0.15, -0.1) is 0 Å². The third-order valence-corrected chi connectivity index (χ3v) is 4.99. The molecule has 0 aliphatic carbocycles. The molecular formula is C28H58O12. The number of hydrogen-bond acceptors (Lipinski definition) is 12. The average Bonchev–Trinajstić information content (AvgIpc) is 2.95. The van der Waals surface area contributed by atoms with E-state index in [4.69, 9.17) is 56.8 Å². The fraction of sp³-hybridized carbons (Fsp3) is 1.00. The summed E-state index contributed by atoms with van der Waals surface area (Å²) in [6, 6.07) is 0. The molecular weight excluding hydrogens is 528 g/mol. The predicted molar refractivity (Wildman–Crippen MR) is 150 cm³/mol. The van der Waals surface area contributed by atoms with Crippen molar-refractivity contribution in [2.45, 2.75) is 20.3 Å². The van der Waals surface area contributed by atoms with E-state index in [1.807, 2.05) is 0 Å². The fourth-order valence-electron chi connectivity index (χ4n) is 2.76. The van der Waals surface area contributed by atoms with Crippen molar-refractivity contribution in [2.24, 2.45) is 5.92 Å². The van der Waals surface area contributed by atoms with Crippen LogP contribution in [0.1, 0.15) is 20.3 Å². The van der Waals surface area contributed by atoms with Crippen molar-refractivity contribution in [3.8, 4) is 0 Å². The van der Waals surface area contributed by atoms with Gasteiger partial charge < -0.3 is 56.8 Å². The third-order valence-electron chi connectivity index (χ3n) is 4.99. The summed E-state index contributed by atoms with van der Waals surface area (Å²) in [6.07, 6.45) is 1.08. The largest absolute Gasteiger partial charge is 0.382 e. The molecule has 0 rings (SSSR count). The molecule has 0 bridgehead atoms. The van der Waals surface area contributed by atoms with E-state index in [0.29, 0.717) is 151 Å². The van der Waals surface area contributed by atoms with Crippen LogP contribution in [0.4, 0.5) is 0 Å². The topological polar surface area (TPSA) is 111 Å². The van der Waals surface area contributed by atoms with Gasteiger partial charge in [0.25, 0.3) is 0 Å².